The molecule has 0 bridgehead atoms. The van der Waals surface area contributed by atoms with Gasteiger partial charge in [-0.05, 0) is 12.1 Å². The van der Waals surface area contributed by atoms with Crippen molar-refractivity contribution in [2.75, 3.05) is 0 Å². The number of halogens is 2. The summed E-state index contributed by atoms with van der Waals surface area (Å²) in [5.74, 6) is 0.00643. The molecule has 1 aromatic carbocycles. The molecule has 1 atom stereocenters. The number of para-hydroxylation sites is 1. The average Bonchev–Trinajstić information content (AvgIpc) is 2.41. The summed E-state index contributed by atoms with van der Waals surface area (Å²) in [7, 11) is 0. The van der Waals surface area contributed by atoms with Gasteiger partial charge in [-0.3, -0.25) is 4.57 Å². The number of hydrogen-bond donors (Lipinski definition) is 1. The van der Waals surface area contributed by atoms with Crippen molar-refractivity contribution in [1.82, 2.24) is 9.55 Å². The first-order chi connectivity index (χ1) is 9.58. The molecule has 0 saturated heterocycles. The molecular formula is C13H13F2N3O2. The van der Waals surface area contributed by atoms with E-state index < -0.39 is 18.3 Å². The molecule has 0 amide bonds. The van der Waals surface area contributed by atoms with E-state index in [4.69, 9.17) is 5.73 Å². The van der Waals surface area contributed by atoms with E-state index in [1.54, 1.807) is 24.3 Å². The van der Waals surface area contributed by atoms with Gasteiger partial charge in [0.25, 0.3) is 0 Å². The van der Waals surface area contributed by atoms with Gasteiger partial charge in [-0.2, -0.15) is 8.78 Å². The molecule has 2 N–H and O–H groups in total. The number of nitrogens with two attached hydrogens (primary N) is 1. The van der Waals surface area contributed by atoms with Crippen molar-refractivity contribution in [1.29, 1.82) is 0 Å². The first-order valence-electron chi connectivity index (χ1n) is 5.88. The minimum atomic E-state index is -2.93. The van der Waals surface area contributed by atoms with Crippen molar-refractivity contribution < 1.29 is 13.5 Å². The van der Waals surface area contributed by atoms with Crippen LogP contribution in [-0.2, 0) is 6.54 Å². The monoisotopic (exact) mass is 281 g/mol. The number of hydrogen-bond acceptors (Lipinski definition) is 4. The molecule has 20 heavy (non-hydrogen) atoms. The minimum absolute atomic E-state index is 0.00643. The summed E-state index contributed by atoms with van der Waals surface area (Å²) in [5.41, 5.74) is 5.92. The molecular weight excluding hydrogens is 268 g/mol. The van der Waals surface area contributed by atoms with Crippen molar-refractivity contribution in [2.24, 2.45) is 5.73 Å². The van der Waals surface area contributed by atoms with E-state index in [9.17, 15) is 13.6 Å². The maximum atomic E-state index is 12.3. The van der Waals surface area contributed by atoms with Crippen LogP contribution in [0, 0.1) is 0 Å². The van der Waals surface area contributed by atoms with E-state index in [0.29, 0.717) is 5.56 Å². The lowest BCUT2D eigenvalue weighted by atomic mass is 10.1. The number of alkyl halides is 2. The third-order valence-electron chi connectivity index (χ3n) is 2.71. The molecule has 7 heteroatoms. The zero-order valence-electron chi connectivity index (χ0n) is 10.4. The molecule has 0 aliphatic heterocycles. The second kappa shape index (κ2) is 6.25. The van der Waals surface area contributed by atoms with E-state index in [0.717, 1.165) is 0 Å². The summed E-state index contributed by atoms with van der Waals surface area (Å²) in [5, 5.41) is 0. The van der Waals surface area contributed by atoms with Crippen molar-refractivity contribution >= 4 is 0 Å². The van der Waals surface area contributed by atoms with Gasteiger partial charge in [-0.25, -0.2) is 9.78 Å². The largest absolute Gasteiger partial charge is 0.434 e. The maximum absolute atomic E-state index is 12.3. The maximum Gasteiger partial charge on any atom is 0.387 e. The fourth-order valence-electron chi connectivity index (χ4n) is 1.83. The summed E-state index contributed by atoms with van der Waals surface area (Å²) >= 11 is 0. The fourth-order valence-corrected chi connectivity index (χ4v) is 1.83. The molecule has 0 fully saturated rings. The molecule has 1 heterocycles. The number of rotatable bonds is 5. The number of benzene rings is 1. The van der Waals surface area contributed by atoms with Crippen molar-refractivity contribution in [3.8, 4) is 5.75 Å². The van der Waals surface area contributed by atoms with Gasteiger partial charge in [0.15, 0.2) is 0 Å². The highest BCUT2D eigenvalue weighted by atomic mass is 19.3. The Kier molecular flexibility index (Phi) is 4.41. The van der Waals surface area contributed by atoms with Crippen molar-refractivity contribution in [3.63, 3.8) is 0 Å². The summed E-state index contributed by atoms with van der Waals surface area (Å²) in [6.07, 6.45) is 2.91. The number of ether oxygens (including phenoxy) is 1. The highest BCUT2D eigenvalue weighted by molar-refractivity contribution is 5.35. The second-order valence-electron chi connectivity index (χ2n) is 4.08. The van der Waals surface area contributed by atoms with Crippen LogP contribution >= 0.6 is 0 Å². The summed E-state index contributed by atoms with van der Waals surface area (Å²) in [6, 6.07) is 7.17. The molecule has 0 spiro atoms. The third kappa shape index (κ3) is 3.39. The normalized spacial score (nSPS) is 12.4. The lowest BCUT2D eigenvalue weighted by Gasteiger charge is -2.17. The van der Waals surface area contributed by atoms with Crippen LogP contribution in [0.3, 0.4) is 0 Å². The summed E-state index contributed by atoms with van der Waals surface area (Å²) in [4.78, 5) is 15.1. The quantitative estimate of drug-likeness (QED) is 0.902. The van der Waals surface area contributed by atoms with Crippen LogP contribution in [0.15, 0.2) is 47.5 Å². The van der Waals surface area contributed by atoms with E-state index in [1.165, 1.54) is 23.0 Å². The van der Waals surface area contributed by atoms with Crippen LogP contribution in [0.25, 0.3) is 0 Å². The van der Waals surface area contributed by atoms with Gasteiger partial charge in [0.05, 0.1) is 6.04 Å². The smallest absolute Gasteiger partial charge is 0.387 e. The van der Waals surface area contributed by atoms with Gasteiger partial charge in [0.1, 0.15) is 5.75 Å². The molecule has 2 aromatic rings. The van der Waals surface area contributed by atoms with Gasteiger partial charge in [0.2, 0.25) is 0 Å². The number of nitrogens with zero attached hydrogens (tertiary/aromatic N) is 2. The first kappa shape index (κ1) is 14.1. The van der Waals surface area contributed by atoms with Crippen LogP contribution in [0.4, 0.5) is 8.78 Å². The average molecular weight is 281 g/mol. The molecule has 0 radical (unpaired) electrons. The SMILES string of the molecule is NC(Cn1cccnc1=O)c1ccccc1OC(F)F. The second-order valence-corrected chi connectivity index (χ2v) is 4.08. The van der Waals surface area contributed by atoms with Crippen LogP contribution in [0.2, 0.25) is 0 Å². The Labute approximate surface area is 113 Å². The Morgan fingerprint density at radius 3 is 2.75 bits per heavy atom. The van der Waals surface area contributed by atoms with E-state index in [1.807, 2.05) is 0 Å². The predicted octanol–water partition coefficient (Wildman–Crippen LogP) is 1.54. The van der Waals surface area contributed by atoms with Crippen molar-refractivity contribution in [2.45, 2.75) is 19.2 Å². The standard InChI is InChI=1S/C13H13F2N3O2/c14-12(15)20-11-5-2-1-4-9(11)10(16)8-18-7-3-6-17-13(18)19/h1-7,10,12H,8,16H2. The van der Waals surface area contributed by atoms with E-state index in [2.05, 4.69) is 9.72 Å². The molecule has 0 saturated carbocycles. The summed E-state index contributed by atoms with van der Waals surface area (Å²) < 4.78 is 30.4. The third-order valence-corrected chi connectivity index (χ3v) is 2.71. The van der Waals surface area contributed by atoms with Gasteiger partial charge in [0, 0.05) is 24.5 Å². The first-order valence-corrected chi connectivity index (χ1v) is 5.88. The van der Waals surface area contributed by atoms with E-state index in [-0.39, 0.29) is 12.3 Å². The molecule has 1 unspecified atom stereocenters. The predicted molar refractivity (Wildman–Crippen MR) is 68.5 cm³/mol. The van der Waals surface area contributed by atoms with Crippen molar-refractivity contribution in [3.05, 3.63) is 58.8 Å². The molecule has 2 rings (SSSR count). The molecule has 0 aliphatic carbocycles. The highest BCUT2D eigenvalue weighted by Gasteiger charge is 2.15. The van der Waals surface area contributed by atoms with Gasteiger partial charge >= 0.3 is 12.3 Å². The molecule has 1 aromatic heterocycles. The van der Waals surface area contributed by atoms with E-state index >= 15 is 0 Å². The molecule has 106 valence electrons. The highest BCUT2D eigenvalue weighted by Crippen LogP contribution is 2.25. The lowest BCUT2D eigenvalue weighted by molar-refractivity contribution is -0.0506. The Balaban J connectivity index is 2.23. The lowest BCUT2D eigenvalue weighted by Crippen LogP contribution is -2.28. The Morgan fingerprint density at radius 1 is 1.30 bits per heavy atom. The topological polar surface area (TPSA) is 70.1 Å². The molecule has 5 nitrogen and oxygen atoms in total. The van der Waals surface area contributed by atoms with Crippen LogP contribution in [0.5, 0.6) is 5.75 Å². The Bertz CT molecular complexity index is 631. The van der Waals surface area contributed by atoms with Gasteiger partial charge < -0.3 is 10.5 Å². The van der Waals surface area contributed by atoms with Gasteiger partial charge in [-0.15, -0.1) is 0 Å². The minimum Gasteiger partial charge on any atom is -0.434 e. The number of aromatic nitrogens is 2. The molecule has 0 aliphatic rings. The van der Waals surface area contributed by atoms with Gasteiger partial charge in [-0.1, -0.05) is 18.2 Å². The Morgan fingerprint density at radius 2 is 2.05 bits per heavy atom. The van der Waals surface area contributed by atoms with Crippen LogP contribution < -0.4 is 16.2 Å². The Hall–Kier alpha value is -2.28. The summed E-state index contributed by atoms with van der Waals surface area (Å²) in [6.45, 7) is -2.81. The zero-order chi connectivity index (χ0) is 14.5. The van der Waals surface area contributed by atoms with Crippen LogP contribution in [-0.4, -0.2) is 16.2 Å². The fraction of sp³-hybridized carbons (Fsp3) is 0.231. The van der Waals surface area contributed by atoms with Crippen LogP contribution in [0.1, 0.15) is 11.6 Å². The zero-order valence-corrected chi connectivity index (χ0v) is 10.4.